The minimum Gasteiger partial charge on any atom is -0.506 e. The number of aliphatic hydroxyl groups is 1. The molecule has 6 nitrogen and oxygen atoms in total. The molecule has 1 aliphatic heterocycles. The maximum Gasteiger partial charge on any atom is 0.344 e. The molecule has 1 aliphatic rings. The highest BCUT2D eigenvalue weighted by Crippen LogP contribution is 2.40. The van der Waals surface area contributed by atoms with Gasteiger partial charge in [0.1, 0.15) is 28.7 Å². The van der Waals surface area contributed by atoms with Crippen LogP contribution in [0.1, 0.15) is 34.0 Å². The van der Waals surface area contributed by atoms with Crippen molar-refractivity contribution >= 4 is 73.3 Å². The van der Waals surface area contributed by atoms with Crippen LogP contribution in [0.2, 0.25) is 0 Å². The average Bonchev–Trinajstić information content (AvgIpc) is 3.19. The third kappa shape index (κ3) is 6.95. The van der Waals surface area contributed by atoms with E-state index in [0.717, 1.165) is 36.5 Å². The molecule has 0 saturated carbocycles. The summed E-state index contributed by atoms with van der Waals surface area (Å²) in [6.07, 6.45) is 1.71. The van der Waals surface area contributed by atoms with E-state index in [4.69, 9.17) is 9.47 Å². The zero-order valence-electron chi connectivity index (χ0n) is 20.5. The molecule has 0 atom stereocenters. The number of esters is 1. The van der Waals surface area contributed by atoms with E-state index in [1.54, 1.807) is 25.1 Å². The second kappa shape index (κ2) is 12.8. The molecule has 0 unspecified atom stereocenters. The highest BCUT2D eigenvalue weighted by Gasteiger charge is 2.34. The smallest absolute Gasteiger partial charge is 0.344 e. The van der Waals surface area contributed by atoms with E-state index < -0.39 is 11.9 Å². The van der Waals surface area contributed by atoms with Gasteiger partial charge in [0.25, 0.3) is 5.91 Å². The molecule has 9 heteroatoms. The lowest BCUT2D eigenvalue weighted by atomic mass is 10.1. The van der Waals surface area contributed by atoms with Crippen LogP contribution in [0.3, 0.4) is 0 Å². The summed E-state index contributed by atoms with van der Waals surface area (Å²) in [4.78, 5) is 29.9. The molecule has 1 amide bonds. The Labute approximate surface area is 247 Å². The van der Waals surface area contributed by atoms with Crippen LogP contribution in [0.25, 0.3) is 6.08 Å². The summed E-state index contributed by atoms with van der Waals surface area (Å²) in [5.74, 6) is -0.862. The number of hydrogen-bond acceptors (Lipinski definition) is 6. The Morgan fingerprint density at radius 1 is 1.08 bits per heavy atom. The van der Waals surface area contributed by atoms with Gasteiger partial charge in [0.05, 0.1) is 16.0 Å². The molecule has 0 spiro atoms. The number of aliphatic hydroxyl groups excluding tert-OH is 1. The lowest BCUT2D eigenvalue weighted by Gasteiger charge is -2.09. The summed E-state index contributed by atoms with van der Waals surface area (Å²) in [6, 6.07) is 20.6. The molecule has 4 rings (SSSR count). The van der Waals surface area contributed by atoms with Crippen molar-refractivity contribution in [2.45, 2.75) is 20.5 Å². The Morgan fingerprint density at radius 3 is 2.45 bits per heavy atom. The van der Waals surface area contributed by atoms with Crippen molar-refractivity contribution in [2.24, 2.45) is 4.99 Å². The first-order chi connectivity index (χ1) is 18.2. The van der Waals surface area contributed by atoms with Crippen molar-refractivity contribution in [3.05, 3.63) is 113 Å². The summed E-state index contributed by atoms with van der Waals surface area (Å²) in [5.41, 5.74) is 3.08. The van der Waals surface area contributed by atoms with E-state index in [-0.39, 0.29) is 23.0 Å². The molecule has 0 aliphatic carbocycles. The van der Waals surface area contributed by atoms with Gasteiger partial charge in [0.15, 0.2) is 0 Å². The highest BCUT2D eigenvalue weighted by molar-refractivity contribution is 14.1. The van der Waals surface area contributed by atoms with Gasteiger partial charge in [0, 0.05) is 9.13 Å². The zero-order valence-corrected chi connectivity index (χ0v) is 25.1. The number of aliphatic imine (C=N–C) groups is 1. The van der Waals surface area contributed by atoms with Crippen molar-refractivity contribution in [1.29, 1.82) is 0 Å². The molecule has 3 aromatic carbocycles. The Balaban J connectivity index is 1.58. The number of benzene rings is 3. The highest BCUT2D eigenvalue weighted by atomic mass is 127. The number of nitrogens with zero attached hydrogens (tertiary/aromatic N) is 1. The number of amides is 1. The topological polar surface area (TPSA) is 85.2 Å². The lowest BCUT2D eigenvalue weighted by Crippen LogP contribution is -2.14. The molecule has 0 aromatic heterocycles. The molecular formula is C29H23BrINO5S. The predicted molar refractivity (Wildman–Crippen MR) is 162 cm³/mol. The Morgan fingerprint density at radius 2 is 1.79 bits per heavy atom. The van der Waals surface area contributed by atoms with Crippen LogP contribution in [0.5, 0.6) is 5.75 Å². The largest absolute Gasteiger partial charge is 0.506 e. The quantitative estimate of drug-likeness (QED) is 0.201. The average molecular weight is 704 g/mol. The molecular weight excluding hydrogens is 681 g/mol. The third-order valence-corrected chi connectivity index (χ3v) is 7.79. The molecule has 194 valence electrons. The van der Waals surface area contributed by atoms with E-state index in [2.05, 4.69) is 43.5 Å². The van der Waals surface area contributed by atoms with Gasteiger partial charge in [-0.2, -0.15) is 0 Å². The van der Waals surface area contributed by atoms with Gasteiger partial charge in [-0.15, -0.1) is 0 Å². The molecule has 38 heavy (non-hydrogen) atoms. The lowest BCUT2D eigenvalue weighted by molar-refractivity contribution is -0.138. The number of carbonyl (C=O) groups is 2. The number of halogens is 2. The fourth-order valence-corrected chi connectivity index (χ4v) is 5.34. The van der Waals surface area contributed by atoms with Crippen molar-refractivity contribution in [3.63, 3.8) is 0 Å². The third-order valence-electron chi connectivity index (χ3n) is 5.43. The molecule has 0 bridgehead atoms. The molecule has 1 N–H and O–H groups in total. The van der Waals surface area contributed by atoms with Crippen LogP contribution < -0.4 is 4.74 Å². The number of carbonyl (C=O) groups excluding carboxylic acids is 2. The van der Waals surface area contributed by atoms with Crippen molar-refractivity contribution in [3.8, 4) is 5.75 Å². The van der Waals surface area contributed by atoms with Gasteiger partial charge in [0.2, 0.25) is 0 Å². The van der Waals surface area contributed by atoms with Crippen LogP contribution in [-0.2, 0) is 16.1 Å². The summed E-state index contributed by atoms with van der Waals surface area (Å²) in [5, 5.41) is 11.0. The SMILES string of the molecule is CCOC(=O)C1=C(O)/C(=C/c2ccc(OCc3ccc(I)cc3)c(Br)c2)SC1=NC(=O)c1ccc(C)cc1. The first kappa shape index (κ1) is 28.1. The molecule has 0 saturated heterocycles. The first-order valence-electron chi connectivity index (χ1n) is 11.6. The van der Waals surface area contributed by atoms with Gasteiger partial charge in [-0.3, -0.25) is 4.79 Å². The summed E-state index contributed by atoms with van der Waals surface area (Å²) >= 11 is 6.85. The van der Waals surface area contributed by atoms with Gasteiger partial charge in [-0.05, 0) is 106 Å². The monoisotopic (exact) mass is 703 g/mol. The number of hydrogen-bond donors (Lipinski definition) is 1. The maximum atomic E-state index is 12.8. The van der Waals surface area contributed by atoms with Crippen LogP contribution in [0, 0.1) is 10.5 Å². The molecule has 0 radical (unpaired) electrons. The van der Waals surface area contributed by atoms with Crippen LogP contribution >= 0.6 is 50.3 Å². The number of aryl methyl sites for hydroxylation is 1. The number of thioether (sulfide) groups is 1. The fraction of sp³-hybridized carbons (Fsp3) is 0.138. The van der Waals surface area contributed by atoms with Crippen molar-refractivity contribution in [1.82, 2.24) is 0 Å². The summed E-state index contributed by atoms with van der Waals surface area (Å²) < 4.78 is 13.0. The zero-order chi connectivity index (χ0) is 27.2. The van der Waals surface area contributed by atoms with E-state index in [0.29, 0.717) is 22.8 Å². The first-order valence-corrected chi connectivity index (χ1v) is 14.3. The molecule has 0 fully saturated rings. The van der Waals surface area contributed by atoms with Crippen molar-refractivity contribution in [2.75, 3.05) is 6.61 Å². The summed E-state index contributed by atoms with van der Waals surface area (Å²) in [7, 11) is 0. The molecule has 1 heterocycles. The Kier molecular flexibility index (Phi) is 9.45. The van der Waals surface area contributed by atoms with Crippen LogP contribution in [-0.4, -0.2) is 28.6 Å². The Hall–Kier alpha value is -2.89. The van der Waals surface area contributed by atoms with E-state index in [1.807, 2.05) is 61.5 Å². The second-order valence-corrected chi connectivity index (χ2v) is 11.4. The van der Waals surface area contributed by atoms with Gasteiger partial charge >= 0.3 is 5.97 Å². The van der Waals surface area contributed by atoms with Crippen LogP contribution in [0.4, 0.5) is 0 Å². The second-order valence-electron chi connectivity index (χ2n) is 8.25. The summed E-state index contributed by atoms with van der Waals surface area (Å²) in [6.45, 7) is 4.13. The standard InChI is InChI=1S/C29H23BrINO5S/c1-3-36-29(35)25-26(33)24(38-28(25)32-27(34)20-9-4-17(2)5-10-20)15-19-8-13-23(22(30)14-19)37-16-18-6-11-21(31)12-7-18/h4-15,33H,3,16H2,1-2H3/b24-15-,32-28?. The normalized spacial score (nSPS) is 15.3. The minimum atomic E-state index is -0.739. The van der Waals surface area contributed by atoms with Crippen LogP contribution in [0.15, 0.2) is 92.4 Å². The maximum absolute atomic E-state index is 12.8. The van der Waals surface area contributed by atoms with E-state index in [9.17, 15) is 14.7 Å². The van der Waals surface area contributed by atoms with Gasteiger partial charge in [-0.25, -0.2) is 9.79 Å². The Bertz CT molecular complexity index is 1460. The van der Waals surface area contributed by atoms with E-state index in [1.165, 1.54) is 0 Å². The molecule has 3 aromatic rings. The number of ether oxygens (including phenoxy) is 2. The predicted octanol–water partition coefficient (Wildman–Crippen LogP) is 7.64. The van der Waals surface area contributed by atoms with E-state index >= 15 is 0 Å². The van der Waals surface area contributed by atoms with Gasteiger partial charge in [-0.1, -0.05) is 47.7 Å². The fourth-order valence-electron chi connectivity index (χ4n) is 3.46. The minimum absolute atomic E-state index is 0.0920. The number of rotatable bonds is 7. The van der Waals surface area contributed by atoms with Crippen molar-refractivity contribution < 1.29 is 24.2 Å². The van der Waals surface area contributed by atoms with Gasteiger partial charge < -0.3 is 14.6 Å².